The summed E-state index contributed by atoms with van der Waals surface area (Å²) in [7, 11) is 0. The first-order valence-corrected chi connectivity index (χ1v) is 21.7. The Labute approximate surface area is 369 Å². The third kappa shape index (κ3) is 7.06. The molecule has 0 spiro atoms. The lowest BCUT2D eigenvalue weighted by Gasteiger charge is -2.31. The lowest BCUT2D eigenvalue weighted by atomic mass is 9.84. The van der Waals surface area contributed by atoms with E-state index in [0.717, 1.165) is 33.8 Å². The van der Waals surface area contributed by atoms with E-state index in [9.17, 15) is 0 Å². The van der Waals surface area contributed by atoms with E-state index in [4.69, 9.17) is 0 Å². The van der Waals surface area contributed by atoms with Crippen LogP contribution in [0.25, 0.3) is 88.3 Å². The molecule has 1 heteroatoms. The summed E-state index contributed by atoms with van der Waals surface area (Å²) in [6.45, 7) is 0. The molecule has 0 bridgehead atoms. The summed E-state index contributed by atoms with van der Waals surface area (Å²) in [5.74, 6) is 0. The lowest BCUT2D eigenvalue weighted by molar-refractivity contribution is 1.28. The van der Waals surface area contributed by atoms with Crippen molar-refractivity contribution in [2.24, 2.45) is 0 Å². The van der Waals surface area contributed by atoms with E-state index in [1.54, 1.807) is 0 Å². The molecule has 296 valence electrons. The molecule has 1 nitrogen and oxygen atoms in total. The third-order valence-corrected chi connectivity index (χ3v) is 12.3. The average molecular weight is 802 g/mol. The summed E-state index contributed by atoms with van der Waals surface area (Å²) in [6.07, 6.45) is 0. The van der Waals surface area contributed by atoms with Crippen LogP contribution < -0.4 is 4.90 Å². The van der Waals surface area contributed by atoms with Crippen LogP contribution in [-0.4, -0.2) is 0 Å². The van der Waals surface area contributed by atoms with Gasteiger partial charge in [-0.1, -0.05) is 231 Å². The van der Waals surface area contributed by atoms with Crippen molar-refractivity contribution in [3.63, 3.8) is 0 Å². The lowest BCUT2D eigenvalue weighted by Crippen LogP contribution is -2.12. The Kier molecular flexibility index (Phi) is 9.97. The van der Waals surface area contributed by atoms with Gasteiger partial charge in [-0.3, -0.25) is 0 Å². The first-order chi connectivity index (χ1) is 31.3. The molecule has 0 N–H and O–H groups in total. The Hall–Kier alpha value is -8.26. The first-order valence-electron chi connectivity index (χ1n) is 21.7. The summed E-state index contributed by atoms with van der Waals surface area (Å²) >= 11 is 0. The van der Waals surface area contributed by atoms with Gasteiger partial charge in [0.2, 0.25) is 0 Å². The Morgan fingerprint density at radius 1 is 0.206 bits per heavy atom. The van der Waals surface area contributed by atoms with Gasteiger partial charge in [0.05, 0.1) is 11.4 Å². The Bertz CT molecular complexity index is 3360. The second kappa shape index (κ2) is 16.7. The number of benzene rings is 11. The van der Waals surface area contributed by atoms with E-state index >= 15 is 0 Å². The molecule has 0 amide bonds. The molecular weight excluding hydrogens is 759 g/mol. The van der Waals surface area contributed by atoms with Gasteiger partial charge in [-0.05, 0) is 108 Å². The highest BCUT2D eigenvalue weighted by Gasteiger charge is 2.23. The van der Waals surface area contributed by atoms with Crippen molar-refractivity contribution in [1.29, 1.82) is 0 Å². The second-order valence-electron chi connectivity index (χ2n) is 16.0. The zero-order valence-electron chi connectivity index (χ0n) is 34.8. The monoisotopic (exact) mass is 801 g/mol. The summed E-state index contributed by atoms with van der Waals surface area (Å²) < 4.78 is 0. The molecule has 0 atom stereocenters. The SMILES string of the molecule is c1ccc(-c2ccc(N(c3ccccc3-c3ccccc3)c3ccccc3-c3ccc4c(c3)c(-c3ccccc3)c(-c3ccccc3)c3ccccc34)cc2-c2ccccc2)cc1. The van der Waals surface area contributed by atoms with Crippen molar-refractivity contribution in [3.05, 3.63) is 261 Å². The molecular formula is C62H43N. The molecule has 63 heavy (non-hydrogen) atoms. The maximum atomic E-state index is 2.47. The van der Waals surface area contributed by atoms with Crippen LogP contribution in [0.15, 0.2) is 261 Å². The molecule has 0 aliphatic heterocycles. The molecule has 11 rings (SSSR count). The van der Waals surface area contributed by atoms with Gasteiger partial charge in [0.1, 0.15) is 0 Å². The predicted molar refractivity (Wildman–Crippen MR) is 269 cm³/mol. The molecule has 0 saturated heterocycles. The van der Waals surface area contributed by atoms with Crippen molar-refractivity contribution in [2.45, 2.75) is 0 Å². The minimum absolute atomic E-state index is 1.08. The number of hydrogen-bond donors (Lipinski definition) is 0. The Morgan fingerprint density at radius 2 is 0.603 bits per heavy atom. The van der Waals surface area contributed by atoms with Crippen molar-refractivity contribution in [1.82, 2.24) is 0 Å². The van der Waals surface area contributed by atoms with Gasteiger partial charge >= 0.3 is 0 Å². The van der Waals surface area contributed by atoms with Crippen molar-refractivity contribution < 1.29 is 0 Å². The summed E-state index contributed by atoms with van der Waals surface area (Å²) in [5.41, 5.74) is 17.5. The quantitative estimate of drug-likeness (QED) is 0.131. The first kappa shape index (κ1) is 37.7. The topological polar surface area (TPSA) is 3.24 Å². The van der Waals surface area contributed by atoms with Crippen LogP contribution in [0, 0.1) is 0 Å². The summed E-state index contributed by atoms with van der Waals surface area (Å²) in [5, 5.41) is 4.96. The Balaban J connectivity index is 1.19. The fourth-order valence-electron chi connectivity index (χ4n) is 9.42. The molecule has 0 aliphatic carbocycles. The van der Waals surface area contributed by atoms with Gasteiger partial charge in [0.15, 0.2) is 0 Å². The predicted octanol–water partition coefficient (Wildman–Crippen LogP) is 17.5. The van der Waals surface area contributed by atoms with Crippen LogP contribution in [0.1, 0.15) is 0 Å². The second-order valence-corrected chi connectivity index (χ2v) is 16.0. The highest BCUT2D eigenvalue weighted by molar-refractivity contribution is 6.22. The number of nitrogens with zero attached hydrogens (tertiary/aromatic N) is 1. The van der Waals surface area contributed by atoms with E-state index < -0.39 is 0 Å². The van der Waals surface area contributed by atoms with Gasteiger partial charge < -0.3 is 4.90 Å². The molecule has 0 radical (unpaired) electrons. The Morgan fingerprint density at radius 3 is 1.16 bits per heavy atom. The van der Waals surface area contributed by atoms with Crippen molar-refractivity contribution >= 4 is 38.6 Å². The number of hydrogen-bond acceptors (Lipinski definition) is 1. The third-order valence-electron chi connectivity index (χ3n) is 12.3. The van der Waals surface area contributed by atoms with Crippen LogP contribution in [0.3, 0.4) is 0 Å². The van der Waals surface area contributed by atoms with E-state index in [2.05, 4.69) is 266 Å². The molecule has 0 heterocycles. The van der Waals surface area contributed by atoms with Gasteiger partial charge in [0, 0.05) is 16.8 Å². The summed E-state index contributed by atoms with van der Waals surface area (Å²) in [4.78, 5) is 2.47. The molecule has 0 aliphatic rings. The minimum atomic E-state index is 1.08. The number of rotatable bonds is 9. The van der Waals surface area contributed by atoms with Crippen LogP contribution in [0.5, 0.6) is 0 Å². The fraction of sp³-hybridized carbons (Fsp3) is 0. The molecule has 0 unspecified atom stereocenters. The highest BCUT2D eigenvalue weighted by atomic mass is 15.1. The summed E-state index contributed by atoms with van der Waals surface area (Å²) in [6, 6.07) is 94.7. The normalized spacial score (nSPS) is 11.2. The van der Waals surface area contributed by atoms with Gasteiger partial charge in [-0.2, -0.15) is 0 Å². The molecule has 0 saturated carbocycles. The number of fused-ring (bicyclic) bond motifs is 3. The van der Waals surface area contributed by atoms with Gasteiger partial charge in [-0.25, -0.2) is 0 Å². The van der Waals surface area contributed by atoms with Crippen LogP contribution in [0.4, 0.5) is 17.1 Å². The zero-order valence-corrected chi connectivity index (χ0v) is 34.8. The largest absolute Gasteiger partial charge is 0.309 e. The van der Waals surface area contributed by atoms with Crippen LogP contribution >= 0.6 is 0 Å². The minimum Gasteiger partial charge on any atom is -0.309 e. The maximum absolute atomic E-state index is 2.47. The average Bonchev–Trinajstić information content (AvgIpc) is 3.37. The maximum Gasteiger partial charge on any atom is 0.0540 e. The van der Waals surface area contributed by atoms with E-state index in [1.807, 2.05) is 0 Å². The van der Waals surface area contributed by atoms with E-state index in [0.29, 0.717) is 0 Å². The fourth-order valence-corrected chi connectivity index (χ4v) is 9.42. The van der Waals surface area contributed by atoms with E-state index in [-0.39, 0.29) is 0 Å². The number of anilines is 3. The molecule has 11 aromatic carbocycles. The molecule has 0 aromatic heterocycles. The van der Waals surface area contributed by atoms with Gasteiger partial charge in [0.25, 0.3) is 0 Å². The van der Waals surface area contributed by atoms with Gasteiger partial charge in [-0.15, -0.1) is 0 Å². The highest BCUT2D eigenvalue weighted by Crippen LogP contribution is 2.49. The van der Waals surface area contributed by atoms with Crippen LogP contribution in [0.2, 0.25) is 0 Å². The van der Waals surface area contributed by atoms with E-state index in [1.165, 1.54) is 71.6 Å². The molecule has 11 aromatic rings. The van der Waals surface area contributed by atoms with Crippen molar-refractivity contribution in [3.8, 4) is 66.8 Å². The standard InChI is InChI=1S/C62H43N/c1-6-22-44(23-7-1)51-41-39-50(43-57(51)46-26-10-3-11-27-46)63(59-36-20-18-32-52(59)45-24-8-2-9-25-45)60-37-21-19-33-53(60)49-38-40-55-54-34-16-17-35-56(54)61(47-28-12-4-13-29-47)62(58(55)42-49)48-30-14-5-15-31-48/h1-43H. The molecule has 0 fully saturated rings. The van der Waals surface area contributed by atoms with Crippen LogP contribution in [-0.2, 0) is 0 Å². The number of para-hydroxylation sites is 2. The smallest absolute Gasteiger partial charge is 0.0540 e. The van der Waals surface area contributed by atoms with Crippen molar-refractivity contribution in [2.75, 3.05) is 4.90 Å². The zero-order chi connectivity index (χ0) is 42.0.